The van der Waals surface area contributed by atoms with Crippen LogP contribution in [-0.4, -0.2) is 21.8 Å². The average Bonchev–Trinajstić information content (AvgIpc) is 3.06. The number of rotatable bonds is 6. The third kappa shape index (κ3) is 4.56. The first-order valence-electron chi connectivity index (χ1n) is 7.18. The van der Waals surface area contributed by atoms with E-state index in [1.54, 1.807) is 5.38 Å². The third-order valence-electron chi connectivity index (χ3n) is 3.23. The van der Waals surface area contributed by atoms with Gasteiger partial charge in [0.25, 0.3) is 20.0 Å². The van der Waals surface area contributed by atoms with Crippen molar-refractivity contribution in [2.24, 2.45) is 0 Å². The third-order valence-corrected chi connectivity index (χ3v) is 7.25. The molecular formula is C15H11ClFN3O4S3. The Morgan fingerprint density at radius 2 is 1.78 bits per heavy atom. The summed E-state index contributed by atoms with van der Waals surface area (Å²) in [6, 6.07) is 8.04. The van der Waals surface area contributed by atoms with E-state index in [0.29, 0.717) is 0 Å². The number of thiazole rings is 1. The Labute approximate surface area is 163 Å². The number of nitrogens with one attached hydrogen (secondary N) is 2. The van der Waals surface area contributed by atoms with Gasteiger partial charge in [-0.2, -0.15) is 0 Å². The molecule has 2 N–H and O–H groups in total. The lowest BCUT2D eigenvalue weighted by Crippen LogP contribution is -2.15. The summed E-state index contributed by atoms with van der Waals surface area (Å²) in [6.07, 6.45) is 1.44. The minimum Gasteiger partial charge on any atom is -0.280 e. The molecule has 142 valence electrons. The highest BCUT2D eigenvalue weighted by Gasteiger charge is 2.21. The number of halogens is 2. The highest BCUT2D eigenvalue weighted by molar-refractivity contribution is 7.93. The van der Waals surface area contributed by atoms with Crippen molar-refractivity contribution in [2.75, 3.05) is 9.44 Å². The van der Waals surface area contributed by atoms with Gasteiger partial charge in [-0.3, -0.25) is 9.44 Å². The van der Waals surface area contributed by atoms with Crippen LogP contribution < -0.4 is 9.44 Å². The van der Waals surface area contributed by atoms with Gasteiger partial charge in [-0.05, 0) is 36.4 Å². The lowest BCUT2D eigenvalue weighted by Gasteiger charge is -2.11. The Balaban J connectivity index is 1.89. The maximum Gasteiger partial charge on any atom is 0.263 e. The zero-order valence-corrected chi connectivity index (χ0v) is 16.5. The number of hydrogen-bond acceptors (Lipinski definition) is 6. The fourth-order valence-electron chi connectivity index (χ4n) is 2.08. The molecule has 0 spiro atoms. The smallest absolute Gasteiger partial charge is 0.263 e. The van der Waals surface area contributed by atoms with Crippen LogP contribution in [0.15, 0.2) is 63.8 Å². The van der Waals surface area contributed by atoms with Gasteiger partial charge in [0, 0.05) is 11.6 Å². The van der Waals surface area contributed by atoms with E-state index in [9.17, 15) is 21.2 Å². The van der Waals surface area contributed by atoms with Crippen molar-refractivity contribution < 1.29 is 21.2 Å². The zero-order valence-electron chi connectivity index (χ0n) is 13.3. The standard InChI is InChI=1S/C15H11ClFN3O4S3/c16-13-8-10(17)4-5-14(13)27(23,24)19-11-2-1-3-12(9-11)26(21,22)20-15-18-6-7-25-15/h1-9,19H,(H,18,20). The molecule has 0 aliphatic carbocycles. The molecule has 0 aliphatic rings. The molecule has 0 radical (unpaired) electrons. The zero-order chi connectivity index (χ0) is 19.7. The second-order valence-electron chi connectivity index (χ2n) is 5.15. The lowest BCUT2D eigenvalue weighted by molar-refractivity contribution is 0.597. The van der Waals surface area contributed by atoms with Crippen molar-refractivity contribution >= 4 is 53.8 Å². The van der Waals surface area contributed by atoms with Crippen LogP contribution in [0.5, 0.6) is 0 Å². The fraction of sp³-hybridized carbons (Fsp3) is 0. The predicted molar refractivity (Wildman–Crippen MR) is 102 cm³/mol. The maximum absolute atomic E-state index is 13.1. The van der Waals surface area contributed by atoms with Gasteiger partial charge in [0.2, 0.25) is 0 Å². The van der Waals surface area contributed by atoms with E-state index in [1.165, 1.54) is 24.4 Å². The number of nitrogens with zero attached hydrogens (tertiary/aromatic N) is 1. The second-order valence-corrected chi connectivity index (χ2v) is 9.79. The van der Waals surface area contributed by atoms with Crippen LogP contribution >= 0.6 is 22.9 Å². The van der Waals surface area contributed by atoms with Gasteiger partial charge in [-0.1, -0.05) is 17.7 Å². The molecule has 0 fully saturated rings. The van der Waals surface area contributed by atoms with Gasteiger partial charge in [0.05, 0.1) is 15.6 Å². The van der Waals surface area contributed by atoms with E-state index in [2.05, 4.69) is 14.4 Å². The molecule has 0 aliphatic heterocycles. The molecule has 0 saturated carbocycles. The summed E-state index contributed by atoms with van der Waals surface area (Å²) < 4.78 is 67.4. The maximum atomic E-state index is 13.1. The van der Waals surface area contributed by atoms with Crippen LogP contribution in [0.4, 0.5) is 15.2 Å². The first-order chi connectivity index (χ1) is 12.7. The molecule has 27 heavy (non-hydrogen) atoms. The molecule has 0 bridgehead atoms. The number of anilines is 2. The van der Waals surface area contributed by atoms with E-state index in [4.69, 9.17) is 11.6 Å². The van der Waals surface area contributed by atoms with Crippen LogP contribution in [0.25, 0.3) is 0 Å². The van der Waals surface area contributed by atoms with Crippen LogP contribution in [0.2, 0.25) is 5.02 Å². The van der Waals surface area contributed by atoms with Crippen molar-refractivity contribution in [1.29, 1.82) is 0 Å². The summed E-state index contributed by atoms with van der Waals surface area (Å²) in [5.41, 5.74) is -0.00240. The van der Waals surface area contributed by atoms with Crippen molar-refractivity contribution in [3.05, 3.63) is 64.9 Å². The summed E-state index contributed by atoms with van der Waals surface area (Å²) >= 11 is 6.89. The molecule has 2 aromatic carbocycles. The fourth-order valence-corrected chi connectivity index (χ4v) is 5.49. The van der Waals surface area contributed by atoms with Gasteiger partial charge in [-0.15, -0.1) is 11.3 Å². The molecule has 3 rings (SSSR count). The Bertz CT molecular complexity index is 1180. The number of sulfonamides is 2. The minimum absolute atomic E-state index is 0.00240. The van der Waals surface area contributed by atoms with E-state index < -0.39 is 25.9 Å². The molecule has 0 amide bonds. The molecule has 0 atom stereocenters. The topological polar surface area (TPSA) is 105 Å². The second kappa shape index (κ2) is 7.43. The molecule has 3 aromatic rings. The van der Waals surface area contributed by atoms with E-state index in [0.717, 1.165) is 35.6 Å². The van der Waals surface area contributed by atoms with Crippen molar-refractivity contribution in [3.63, 3.8) is 0 Å². The number of benzene rings is 2. The van der Waals surface area contributed by atoms with E-state index >= 15 is 0 Å². The summed E-state index contributed by atoms with van der Waals surface area (Å²) in [5, 5.41) is 1.49. The van der Waals surface area contributed by atoms with E-state index in [-0.39, 0.29) is 25.6 Å². The van der Waals surface area contributed by atoms with Crippen molar-refractivity contribution in [2.45, 2.75) is 9.79 Å². The molecule has 0 unspecified atom stereocenters. The summed E-state index contributed by atoms with van der Waals surface area (Å²) in [4.78, 5) is 3.34. The Hall–Kier alpha value is -2.21. The highest BCUT2D eigenvalue weighted by Crippen LogP contribution is 2.26. The van der Waals surface area contributed by atoms with Gasteiger partial charge in [0.15, 0.2) is 5.13 Å². The monoisotopic (exact) mass is 447 g/mol. The average molecular weight is 448 g/mol. The molecular weight excluding hydrogens is 437 g/mol. The van der Waals surface area contributed by atoms with Gasteiger partial charge < -0.3 is 0 Å². The van der Waals surface area contributed by atoms with Crippen molar-refractivity contribution in [1.82, 2.24) is 4.98 Å². The van der Waals surface area contributed by atoms with Gasteiger partial charge in [-0.25, -0.2) is 26.2 Å². The highest BCUT2D eigenvalue weighted by atomic mass is 35.5. The SMILES string of the molecule is O=S(=O)(Nc1nccs1)c1cccc(NS(=O)(=O)c2ccc(F)cc2Cl)c1. The number of aromatic nitrogens is 1. The van der Waals surface area contributed by atoms with Crippen LogP contribution in [0, 0.1) is 5.82 Å². The molecule has 12 heteroatoms. The summed E-state index contributed by atoms with van der Waals surface area (Å²) in [6.45, 7) is 0. The Morgan fingerprint density at radius 1 is 1.00 bits per heavy atom. The molecule has 0 saturated heterocycles. The lowest BCUT2D eigenvalue weighted by atomic mass is 10.3. The summed E-state index contributed by atoms with van der Waals surface area (Å²) in [7, 11) is -8.10. The van der Waals surface area contributed by atoms with Crippen molar-refractivity contribution in [3.8, 4) is 0 Å². The minimum atomic E-state index is -4.15. The normalized spacial score (nSPS) is 11.9. The number of hydrogen-bond donors (Lipinski definition) is 2. The Morgan fingerprint density at radius 3 is 2.44 bits per heavy atom. The van der Waals surface area contributed by atoms with Crippen LogP contribution in [0.1, 0.15) is 0 Å². The first-order valence-corrected chi connectivity index (χ1v) is 11.4. The van der Waals surface area contributed by atoms with Gasteiger partial charge in [0.1, 0.15) is 10.7 Å². The molecule has 7 nitrogen and oxygen atoms in total. The molecule has 1 aromatic heterocycles. The van der Waals surface area contributed by atoms with E-state index in [1.807, 2.05) is 0 Å². The predicted octanol–water partition coefficient (Wildman–Crippen LogP) is 3.54. The van der Waals surface area contributed by atoms with Gasteiger partial charge >= 0.3 is 0 Å². The first kappa shape index (κ1) is 19.5. The molecule has 1 heterocycles. The largest absolute Gasteiger partial charge is 0.280 e. The Kier molecular flexibility index (Phi) is 5.38. The quantitative estimate of drug-likeness (QED) is 0.601. The summed E-state index contributed by atoms with van der Waals surface area (Å²) in [5.74, 6) is -0.680. The van der Waals surface area contributed by atoms with Crippen LogP contribution in [-0.2, 0) is 20.0 Å². The van der Waals surface area contributed by atoms with Crippen LogP contribution in [0.3, 0.4) is 0 Å².